The SMILES string of the molecule is CN(C)C(=O)CN1c2cccnc2-n2cccc2C12CCN(C(=O)c1ccco1)C2.O=C(O)C(F)(F)F. The fraction of sp³-hybridized carbons (Fsp3) is 0.333. The number of rotatable bonds is 3. The molecule has 5 rings (SSSR count). The van der Waals surface area contributed by atoms with Gasteiger partial charge in [-0.25, -0.2) is 9.78 Å². The third kappa shape index (κ3) is 4.76. The Labute approximate surface area is 209 Å². The zero-order chi connectivity index (χ0) is 27.0. The van der Waals surface area contributed by atoms with Gasteiger partial charge >= 0.3 is 12.1 Å². The molecular weight excluding hydrogens is 495 g/mol. The van der Waals surface area contributed by atoms with Crippen LogP contribution in [0.2, 0.25) is 0 Å². The summed E-state index contributed by atoms with van der Waals surface area (Å²) in [4.78, 5) is 44.8. The van der Waals surface area contributed by atoms with Crippen LogP contribution in [0.15, 0.2) is 59.5 Å². The monoisotopic (exact) mass is 519 g/mol. The Morgan fingerprint density at radius 2 is 1.89 bits per heavy atom. The van der Waals surface area contributed by atoms with Crippen LogP contribution in [0.5, 0.6) is 0 Å². The first-order valence-corrected chi connectivity index (χ1v) is 11.2. The third-order valence-corrected chi connectivity index (χ3v) is 6.33. The summed E-state index contributed by atoms with van der Waals surface area (Å²) in [7, 11) is 3.51. The summed E-state index contributed by atoms with van der Waals surface area (Å²) < 4.78 is 39.1. The van der Waals surface area contributed by atoms with Crippen molar-refractivity contribution in [2.75, 3.05) is 38.6 Å². The Hall–Kier alpha value is -4.29. The van der Waals surface area contributed by atoms with E-state index < -0.39 is 17.7 Å². The number of likely N-dealkylation sites (tertiary alicyclic amines) is 1. The van der Waals surface area contributed by atoms with E-state index in [4.69, 9.17) is 14.3 Å². The van der Waals surface area contributed by atoms with Gasteiger partial charge in [0.2, 0.25) is 5.91 Å². The summed E-state index contributed by atoms with van der Waals surface area (Å²) in [6, 6.07) is 11.3. The van der Waals surface area contributed by atoms with E-state index in [1.54, 1.807) is 37.3 Å². The van der Waals surface area contributed by atoms with E-state index in [-0.39, 0.29) is 18.4 Å². The molecule has 37 heavy (non-hydrogen) atoms. The highest BCUT2D eigenvalue weighted by atomic mass is 19.4. The molecule has 0 aromatic carbocycles. The number of fused-ring (bicyclic) bond motifs is 4. The summed E-state index contributed by atoms with van der Waals surface area (Å²) in [5.74, 6) is -1.76. The lowest BCUT2D eigenvalue weighted by atomic mass is 9.88. The highest BCUT2D eigenvalue weighted by Gasteiger charge is 2.51. The molecule has 0 saturated carbocycles. The molecule has 5 heterocycles. The lowest BCUT2D eigenvalue weighted by molar-refractivity contribution is -0.192. The molecule has 1 atom stereocenters. The first kappa shape index (κ1) is 25.8. The van der Waals surface area contributed by atoms with Gasteiger partial charge in [-0.1, -0.05) is 0 Å². The van der Waals surface area contributed by atoms with Crippen LogP contribution in [0, 0.1) is 0 Å². The second kappa shape index (κ2) is 9.64. The molecule has 1 saturated heterocycles. The van der Waals surface area contributed by atoms with E-state index in [9.17, 15) is 22.8 Å². The number of pyridine rings is 1. The van der Waals surface area contributed by atoms with E-state index in [0.29, 0.717) is 25.3 Å². The quantitative estimate of drug-likeness (QED) is 0.566. The van der Waals surface area contributed by atoms with Crippen LogP contribution in [0.3, 0.4) is 0 Å². The zero-order valence-electron chi connectivity index (χ0n) is 20.0. The molecule has 10 nitrogen and oxygen atoms in total. The number of carboxylic acids is 1. The van der Waals surface area contributed by atoms with Gasteiger partial charge in [-0.05, 0) is 42.8 Å². The number of aliphatic carboxylic acids is 1. The molecule has 0 radical (unpaired) electrons. The van der Waals surface area contributed by atoms with Gasteiger partial charge in [-0.3, -0.25) is 9.59 Å². The summed E-state index contributed by atoms with van der Waals surface area (Å²) in [5, 5.41) is 7.12. The lowest BCUT2D eigenvalue weighted by Gasteiger charge is -2.46. The number of nitrogens with zero attached hydrogens (tertiary/aromatic N) is 5. The van der Waals surface area contributed by atoms with Gasteiger partial charge in [0.1, 0.15) is 5.54 Å². The minimum absolute atomic E-state index is 0.00000436. The average molecular weight is 519 g/mol. The molecule has 2 aliphatic heterocycles. The van der Waals surface area contributed by atoms with Crippen LogP contribution in [-0.4, -0.2) is 82.1 Å². The Balaban J connectivity index is 0.000000405. The zero-order valence-corrected chi connectivity index (χ0v) is 20.0. The van der Waals surface area contributed by atoms with Crippen molar-refractivity contribution >= 4 is 23.5 Å². The van der Waals surface area contributed by atoms with Crippen LogP contribution >= 0.6 is 0 Å². The number of carbonyl (C=O) groups is 3. The predicted octanol–water partition coefficient (Wildman–Crippen LogP) is 2.75. The van der Waals surface area contributed by atoms with Gasteiger partial charge in [0.15, 0.2) is 11.6 Å². The summed E-state index contributed by atoms with van der Waals surface area (Å²) in [5.41, 5.74) is 1.41. The number of anilines is 1. The van der Waals surface area contributed by atoms with E-state index in [2.05, 4.69) is 20.5 Å². The number of likely N-dealkylation sites (N-methyl/N-ethyl adjacent to an activating group) is 1. The molecule has 0 bridgehead atoms. The normalized spacial score (nSPS) is 18.1. The highest BCUT2D eigenvalue weighted by molar-refractivity contribution is 5.92. The maximum atomic E-state index is 13.0. The number of alkyl halides is 3. The van der Waals surface area contributed by atoms with Crippen molar-refractivity contribution in [3.05, 3.63) is 66.5 Å². The van der Waals surface area contributed by atoms with Gasteiger partial charge in [-0.15, -0.1) is 0 Å². The maximum Gasteiger partial charge on any atom is 0.490 e. The average Bonchev–Trinajstić information content (AvgIpc) is 3.62. The van der Waals surface area contributed by atoms with Crippen molar-refractivity contribution in [1.82, 2.24) is 19.4 Å². The van der Waals surface area contributed by atoms with Crippen LogP contribution in [0.1, 0.15) is 22.7 Å². The van der Waals surface area contributed by atoms with Crippen molar-refractivity contribution < 1.29 is 37.1 Å². The minimum Gasteiger partial charge on any atom is -0.475 e. The molecule has 1 spiro atoms. The predicted molar refractivity (Wildman–Crippen MR) is 124 cm³/mol. The minimum atomic E-state index is -5.08. The summed E-state index contributed by atoms with van der Waals surface area (Å²) >= 11 is 0. The van der Waals surface area contributed by atoms with Crippen molar-refractivity contribution in [1.29, 1.82) is 0 Å². The van der Waals surface area contributed by atoms with Crippen molar-refractivity contribution in [3.8, 4) is 5.82 Å². The molecule has 196 valence electrons. The highest BCUT2D eigenvalue weighted by Crippen LogP contribution is 2.47. The Morgan fingerprint density at radius 1 is 1.16 bits per heavy atom. The number of hydrogen-bond acceptors (Lipinski definition) is 6. The fourth-order valence-electron chi connectivity index (χ4n) is 4.56. The van der Waals surface area contributed by atoms with Gasteiger partial charge in [0.05, 0.1) is 30.7 Å². The molecule has 3 aromatic heterocycles. The number of amides is 2. The van der Waals surface area contributed by atoms with Crippen LogP contribution in [-0.2, 0) is 15.1 Å². The van der Waals surface area contributed by atoms with Gasteiger partial charge < -0.3 is 28.8 Å². The molecule has 0 aliphatic carbocycles. The van der Waals surface area contributed by atoms with E-state index in [1.165, 1.54) is 6.26 Å². The summed E-state index contributed by atoms with van der Waals surface area (Å²) in [6.45, 7) is 1.25. The summed E-state index contributed by atoms with van der Waals surface area (Å²) in [6.07, 6.45) is 0.881. The Bertz CT molecular complexity index is 1300. The molecule has 3 aromatic rings. The van der Waals surface area contributed by atoms with E-state index in [0.717, 1.165) is 17.2 Å². The number of hydrogen-bond donors (Lipinski definition) is 1. The number of aromatic nitrogens is 2. The van der Waals surface area contributed by atoms with Gasteiger partial charge in [-0.2, -0.15) is 13.2 Å². The van der Waals surface area contributed by atoms with Crippen molar-refractivity contribution in [2.45, 2.75) is 18.1 Å². The van der Waals surface area contributed by atoms with Crippen LogP contribution in [0.25, 0.3) is 5.82 Å². The topological polar surface area (TPSA) is 112 Å². The fourth-order valence-corrected chi connectivity index (χ4v) is 4.56. The number of carbonyl (C=O) groups excluding carboxylic acids is 2. The van der Waals surface area contributed by atoms with Gasteiger partial charge in [0, 0.05) is 33.0 Å². The van der Waals surface area contributed by atoms with Crippen molar-refractivity contribution in [2.24, 2.45) is 0 Å². The molecule has 2 amide bonds. The van der Waals surface area contributed by atoms with Gasteiger partial charge in [0.25, 0.3) is 5.91 Å². The Morgan fingerprint density at radius 3 is 2.51 bits per heavy atom. The molecule has 1 unspecified atom stereocenters. The second-order valence-corrected chi connectivity index (χ2v) is 8.77. The second-order valence-electron chi connectivity index (χ2n) is 8.77. The largest absolute Gasteiger partial charge is 0.490 e. The smallest absolute Gasteiger partial charge is 0.475 e. The Kier molecular flexibility index (Phi) is 6.72. The molecular formula is C24H24F3N5O5. The number of carboxylic acid groups (broad SMARTS) is 1. The maximum absolute atomic E-state index is 13.0. The molecule has 13 heteroatoms. The van der Waals surface area contributed by atoms with Crippen molar-refractivity contribution in [3.63, 3.8) is 0 Å². The van der Waals surface area contributed by atoms with E-state index >= 15 is 0 Å². The lowest BCUT2D eigenvalue weighted by Crippen LogP contribution is -2.55. The van der Waals surface area contributed by atoms with Crippen LogP contribution < -0.4 is 4.90 Å². The number of halogens is 3. The van der Waals surface area contributed by atoms with E-state index in [1.807, 2.05) is 29.3 Å². The first-order valence-electron chi connectivity index (χ1n) is 11.2. The first-order chi connectivity index (χ1) is 17.5. The molecule has 2 aliphatic rings. The standard InChI is InChI=1S/C22H23N5O3.C2HF3O2/c1-24(2)19(28)14-27-16-6-3-10-23-20(16)26-11-4-8-18(26)22(27)9-12-25(15-22)21(29)17-7-5-13-30-17;3-2(4,5)1(6)7/h3-8,10-11,13H,9,12,14-15H2,1-2H3;(H,6,7). The third-order valence-electron chi connectivity index (χ3n) is 6.33. The molecule has 1 N–H and O–H groups in total. The van der Waals surface area contributed by atoms with Crippen LogP contribution in [0.4, 0.5) is 18.9 Å². The number of furan rings is 1. The molecule has 1 fully saturated rings.